The van der Waals surface area contributed by atoms with E-state index in [0.29, 0.717) is 16.4 Å². The SMILES string of the molecule is O=C(CCC(=O)OCC(=O)Nc1ccc(Br)cc1Cl)Nc1ccc([N+](=O)[O-])cc1. The summed E-state index contributed by atoms with van der Waals surface area (Å²) in [5, 5.41) is 15.9. The first-order valence-corrected chi connectivity index (χ1v) is 9.36. The highest BCUT2D eigenvalue weighted by molar-refractivity contribution is 9.10. The fraction of sp³-hybridized carbons (Fsp3) is 0.167. The molecule has 0 atom stereocenters. The Morgan fingerprint density at radius 2 is 1.72 bits per heavy atom. The van der Waals surface area contributed by atoms with E-state index in [2.05, 4.69) is 26.6 Å². The van der Waals surface area contributed by atoms with Crippen molar-refractivity contribution in [2.75, 3.05) is 17.2 Å². The molecule has 0 bridgehead atoms. The van der Waals surface area contributed by atoms with Crippen LogP contribution in [0, 0.1) is 10.1 Å². The van der Waals surface area contributed by atoms with Gasteiger partial charge in [-0.3, -0.25) is 24.5 Å². The van der Waals surface area contributed by atoms with Gasteiger partial charge >= 0.3 is 5.97 Å². The number of rotatable bonds is 8. The Balaban J connectivity index is 1.71. The maximum atomic E-state index is 11.8. The molecule has 0 fully saturated rings. The summed E-state index contributed by atoms with van der Waals surface area (Å²) in [6.07, 6.45) is -0.402. The topological polar surface area (TPSA) is 128 Å². The lowest BCUT2D eigenvalue weighted by molar-refractivity contribution is -0.384. The Kier molecular flexibility index (Phi) is 8.10. The van der Waals surface area contributed by atoms with Gasteiger partial charge in [0.05, 0.1) is 22.1 Å². The van der Waals surface area contributed by atoms with Gasteiger partial charge in [-0.15, -0.1) is 0 Å². The molecule has 2 aromatic rings. The molecule has 0 aromatic heterocycles. The van der Waals surface area contributed by atoms with Crippen molar-refractivity contribution >= 4 is 62.4 Å². The predicted molar refractivity (Wildman–Crippen MR) is 110 cm³/mol. The largest absolute Gasteiger partial charge is 0.456 e. The first kappa shape index (κ1) is 22.3. The molecule has 2 amide bonds. The van der Waals surface area contributed by atoms with Crippen LogP contribution in [0.1, 0.15) is 12.8 Å². The molecule has 2 aromatic carbocycles. The number of amides is 2. The Bertz CT molecular complexity index is 936. The molecule has 2 N–H and O–H groups in total. The first-order valence-electron chi connectivity index (χ1n) is 8.19. The summed E-state index contributed by atoms with van der Waals surface area (Å²) in [5.74, 6) is -1.76. The van der Waals surface area contributed by atoms with Crippen molar-refractivity contribution in [3.8, 4) is 0 Å². The molecular formula is C18H15BrClN3O6. The highest BCUT2D eigenvalue weighted by Crippen LogP contribution is 2.25. The van der Waals surface area contributed by atoms with Crippen LogP contribution in [0.4, 0.5) is 17.1 Å². The zero-order chi connectivity index (χ0) is 21.4. The molecule has 29 heavy (non-hydrogen) atoms. The second-order valence-electron chi connectivity index (χ2n) is 5.69. The van der Waals surface area contributed by atoms with Crippen LogP contribution in [-0.2, 0) is 19.1 Å². The molecular weight excluding hydrogens is 470 g/mol. The number of esters is 1. The van der Waals surface area contributed by atoms with Crippen LogP contribution in [0.2, 0.25) is 5.02 Å². The molecule has 2 rings (SSSR count). The summed E-state index contributed by atoms with van der Waals surface area (Å²) < 4.78 is 5.57. The first-order chi connectivity index (χ1) is 13.7. The van der Waals surface area contributed by atoms with Crippen molar-refractivity contribution in [2.24, 2.45) is 0 Å². The number of carbonyl (C=O) groups excluding carboxylic acids is 3. The Hall–Kier alpha value is -2.98. The maximum absolute atomic E-state index is 11.8. The summed E-state index contributed by atoms with van der Waals surface area (Å²) in [4.78, 5) is 45.4. The van der Waals surface area contributed by atoms with Gasteiger partial charge < -0.3 is 15.4 Å². The number of anilines is 2. The van der Waals surface area contributed by atoms with Gasteiger partial charge in [-0.25, -0.2) is 0 Å². The standard InChI is InChI=1S/C18H15BrClN3O6/c19-11-1-6-15(14(20)9-11)22-17(25)10-29-18(26)8-7-16(24)21-12-2-4-13(5-3-12)23(27)28/h1-6,9H,7-8,10H2,(H,21,24)(H,22,25). The lowest BCUT2D eigenvalue weighted by atomic mass is 10.2. The van der Waals surface area contributed by atoms with Crippen LogP contribution in [0.15, 0.2) is 46.9 Å². The number of nitro groups is 1. The molecule has 0 saturated heterocycles. The summed E-state index contributed by atoms with van der Waals surface area (Å²) in [6.45, 7) is -0.519. The van der Waals surface area contributed by atoms with Crippen LogP contribution in [0.25, 0.3) is 0 Å². The van der Waals surface area contributed by atoms with Gasteiger partial charge in [0.25, 0.3) is 11.6 Å². The van der Waals surface area contributed by atoms with Gasteiger partial charge in [0, 0.05) is 28.7 Å². The normalized spacial score (nSPS) is 10.1. The summed E-state index contributed by atoms with van der Waals surface area (Å²) in [6, 6.07) is 10.1. The minimum atomic E-state index is -0.721. The number of nitrogens with zero attached hydrogens (tertiary/aromatic N) is 1. The lowest BCUT2D eigenvalue weighted by Gasteiger charge is -2.08. The maximum Gasteiger partial charge on any atom is 0.306 e. The zero-order valence-corrected chi connectivity index (χ0v) is 17.2. The third-order valence-electron chi connectivity index (χ3n) is 3.49. The highest BCUT2D eigenvalue weighted by atomic mass is 79.9. The highest BCUT2D eigenvalue weighted by Gasteiger charge is 2.12. The minimum Gasteiger partial charge on any atom is -0.456 e. The van der Waals surface area contributed by atoms with Crippen LogP contribution in [-0.4, -0.2) is 29.3 Å². The van der Waals surface area contributed by atoms with Crippen LogP contribution in [0.5, 0.6) is 0 Å². The zero-order valence-electron chi connectivity index (χ0n) is 14.8. The molecule has 0 radical (unpaired) electrons. The fourth-order valence-corrected chi connectivity index (χ4v) is 2.82. The van der Waals surface area contributed by atoms with Crippen molar-refractivity contribution < 1.29 is 24.0 Å². The average molecular weight is 485 g/mol. The number of nitro benzene ring substituents is 1. The van der Waals surface area contributed by atoms with Crippen molar-refractivity contribution in [3.05, 3.63) is 62.1 Å². The monoisotopic (exact) mass is 483 g/mol. The van der Waals surface area contributed by atoms with Gasteiger partial charge in [-0.1, -0.05) is 27.5 Å². The number of carbonyl (C=O) groups is 3. The van der Waals surface area contributed by atoms with Crippen molar-refractivity contribution in [1.82, 2.24) is 0 Å². The van der Waals surface area contributed by atoms with Gasteiger partial charge in [0.1, 0.15) is 0 Å². The fourth-order valence-electron chi connectivity index (χ4n) is 2.10. The van der Waals surface area contributed by atoms with Crippen molar-refractivity contribution in [3.63, 3.8) is 0 Å². The van der Waals surface area contributed by atoms with E-state index in [-0.39, 0.29) is 18.5 Å². The molecule has 0 saturated carbocycles. The molecule has 0 aliphatic heterocycles. The smallest absolute Gasteiger partial charge is 0.306 e. The van der Waals surface area contributed by atoms with E-state index < -0.39 is 29.3 Å². The molecule has 0 spiro atoms. The van der Waals surface area contributed by atoms with Gasteiger partial charge in [-0.05, 0) is 30.3 Å². The summed E-state index contributed by atoms with van der Waals surface area (Å²) in [7, 11) is 0. The minimum absolute atomic E-state index is 0.103. The molecule has 0 heterocycles. The van der Waals surface area contributed by atoms with Crippen LogP contribution in [0.3, 0.4) is 0 Å². The van der Waals surface area contributed by atoms with Crippen molar-refractivity contribution in [1.29, 1.82) is 0 Å². The number of nitrogens with one attached hydrogen (secondary N) is 2. The van der Waals surface area contributed by atoms with Crippen LogP contribution >= 0.6 is 27.5 Å². The third-order valence-corrected chi connectivity index (χ3v) is 4.29. The van der Waals surface area contributed by atoms with Crippen molar-refractivity contribution in [2.45, 2.75) is 12.8 Å². The van der Waals surface area contributed by atoms with Gasteiger partial charge in [0.2, 0.25) is 5.91 Å². The molecule has 152 valence electrons. The predicted octanol–water partition coefficient (Wildman–Crippen LogP) is 3.91. The second kappa shape index (κ2) is 10.5. The Morgan fingerprint density at radius 1 is 1.03 bits per heavy atom. The number of hydrogen-bond acceptors (Lipinski definition) is 6. The second-order valence-corrected chi connectivity index (χ2v) is 7.01. The molecule has 0 unspecified atom stereocenters. The lowest BCUT2D eigenvalue weighted by Crippen LogP contribution is -2.22. The van der Waals surface area contributed by atoms with E-state index >= 15 is 0 Å². The van der Waals surface area contributed by atoms with Crippen LogP contribution < -0.4 is 10.6 Å². The third kappa shape index (κ3) is 7.51. The number of benzene rings is 2. The van der Waals surface area contributed by atoms with Gasteiger partial charge in [0.15, 0.2) is 6.61 Å². The van der Waals surface area contributed by atoms with E-state index in [1.807, 2.05) is 0 Å². The van der Waals surface area contributed by atoms with E-state index in [1.54, 1.807) is 18.2 Å². The summed E-state index contributed by atoms with van der Waals surface area (Å²) >= 11 is 9.23. The molecule has 9 nitrogen and oxygen atoms in total. The van der Waals surface area contributed by atoms with E-state index in [4.69, 9.17) is 16.3 Å². The number of halogens is 2. The molecule has 0 aliphatic carbocycles. The number of ether oxygens (including phenoxy) is 1. The number of non-ortho nitro benzene ring substituents is 1. The Morgan fingerprint density at radius 3 is 2.34 bits per heavy atom. The Labute approximate surface area is 178 Å². The molecule has 11 heteroatoms. The van der Waals surface area contributed by atoms with Gasteiger partial charge in [-0.2, -0.15) is 0 Å². The average Bonchev–Trinajstić information content (AvgIpc) is 2.67. The van der Waals surface area contributed by atoms with E-state index in [0.717, 1.165) is 4.47 Å². The van der Waals surface area contributed by atoms with E-state index in [1.165, 1.54) is 24.3 Å². The molecule has 0 aliphatic rings. The quantitative estimate of drug-likeness (QED) is 0.332. The van der Waals surface area contributed by atoms with E-state index in [9.17, 15) is 24.5 Å². The summed E-state index contributed by atoms with van der Waals surface area (Å²) in [5.41, 5.74) is 0.632. The number of hydrogen-bond donors (Lipinski definition) is 2.